The van der Waals surface area contributed by atoms with E-state index < -0.39 is 6.36 Å². The highest BCUT2D eigenvalue weighted by Crippen LogP contribution is 2.28. The van der Waals surface area contributed by atoms with Gasteiger partial charge in [-0.25, -0.2) is 4.79 Å². The number of amides is 2. The van der Waals surface area contributed by atoms with Gasteiger partial charge in [0.2, 0.25) is 0 Å². The standard InChI is InChI=1S/C13H15F3N2O3/c14-13(15,16)21-11-5-1-9(2-6-11)17-12(20)18(7-8-19)10-3-4-10/h1-2,5-6,10,19H,3-4,7-8H2,(H,17,20). The summed E-state index contributed by atoms with van der Waals surface area (Å²) in [6.07, 6.45) is -2.95. The number of anilines is 1. The molecular formula is C13H15F3N2O3. The van der Waals surface area contributed by atoms with Gasteiger partial charge in [-0.2, -0.15) is 0 Å². The van der Waals surface area contributed by atoms with Gasteiger partial charge < -0.3 is 20.1 Å². The predicted octanol–water partition coefficient (Wildman–Crippen LogP) is 2.57. The van der Waals surface area contributed by atoms with Crippen LogP contribution in [0.25, 0.3) is 0 Å². The van der Waals surface area contributed by atoms with Gasteiger partial charge in [-0.3, -0.25) is 0 Å². The van der Waals surface area contributed by atoms with E-state index in [2.05, 4.69) is 10.1 Å². The van der Waals surface area contributed by atoms with E-state index >= 15 is 0 Å². The Morgan fingerprint density at radius 2 is 1.95 bits per heavy atom. The Morgan fingerprint density at radius 3 is 2.43 bits per heavy atom. The van der Waals surface area contributed by atoms with Crippen molar-refractivity contribution in [2.45, 2.75) is 25.2 Å². The van der Waals surface area contributed by atoms with Crippen molar-refractivity contribution in [3.05, 3.63) is 24.3 Å². The second-order valence-corrected chi connectivity index (χ2v) is 4.65. The van der Waals surface area contributed by atoms with Crippen molar-refractivity contribution < 1.29 is 27.8 Å². The molecule has 1 saturated carbocycles. The van der Waals surface area contributed by atoms with Crippen LogP contribution in [0.4, 0.5) is 23.7 Å². The largest absolute Gasteiger partial charge is 0.573 e. The molecule has 0 aliphatic heterocycles. The Kier molecular flexibility index (Phi) is 4.56. The number of aliphatic hydroxyl groups is 1. The second kappa shape index (κ2) is 6.21. The van der Waals surface area contributed by atoms with Crippen LogP contribution in [-0.2, 0) is 0 Å². The zero-order chi connectivity index (χ0) is 15.5. The van der Waals surface area contributed by atoms with Gasteiger partial charge in [-0.05, 0) is 37.1 Å². The minimum Gasteiger partial charge on any atom is -0.406 e. The fourth-order valence-corrected chi connectivity index (χ4v) is 1.88. The van der Waals surface area contributed by atoms with Crippen molar-refractivity contribution >= 4 is 11.7 Å². The van der Waals surface area contributed by atoms with Gasteiger partial charge in [0.25, 0.3) is 0 Å². The molecule has 1 fully saturated rings. The molecule has 8 heteroatoms. The highest BCUT2D eigenvalue weighted by atomic mass is 19.4. The maximum absolute atomic E-state index is 12.0. The Bertz CT molecular complexity index is 486. The van der Waals surface area contributed by atoms with Crippen LogP contribution in [0, 0.1) is 0 Å². The number of carbonyl (C=O) groups excluding carboxylic acids is 1. The SMILES string of the molecule is O=C(Nc1ccc(OC(F)(F)F)cc1)N(CCO)C1CC1. The molecule has 1 aromatic rings. The van der Waals surface area contributed by atoms with Crippen molar-refractivity contribution in [2.75, 3.05) is 18.5 Å². The van der Waals surface area contributed by atoms with Gasteiger partial charge in [0.05, 0.1) is 6.61 Å². The van der Waals surface area contributed by atoms with Gasteiger partial charge in [0.1, 0.15) is 5.75 Å². The van der Waals surface area contributed by atoms with E-state index in [4.69, 9.17) is 5.11 Å². The van der Waals surface area contributed by atoms with Crippen LogP contribution < -0.4 is 10.1 Å². The first-order valence-electron chi connectivity index (χ1n) is 6.43. The van der Waals surface area contributed by atoms with E-state index in [1.165, 1.54) is 17.0 Å². The number of benzene rings is 1. The molecule has 0 bridgehead atoms. The zero-order valence-electron chi connectivity index (χ0n) is 11.1. The smallest absolute Gasteiger partial charge is 0.406 e. The van der Waals surface area contributed by atoms with Gasteiger partial charge in [0, 0.05) is 18.3 Å². The molecule has 0 aromatic heterocycles. The number of hydrogen-bond donors (Lipinski definition) is 2. The average Bonchev–Trinajstić information content (AvgIpc) is 3.20. The molecule has 21 heavy (non-hydrogen) atoms. The number of hydrogen-bond acceptors (Lipinski definition) is 3. The lowest BCUT2D eigenvalue weighted by Crippen LogP contribution is -2.38. The summed E-state index contributed by atoms with van der Waals surface area (Å²) in [5.74, 6) is -0.352. The first kappa shape index (κ1) is 15.4. The van der Waals surface area contributed by atoms with E-state index in [0.29, 0.717) is 5.69 Å². The first-order chi connectivity index (χ1) is 9.89. The first-order valence-corrected chi connectivity index (χ1v) is 6.43. The van der Waals surface area contributed by atoms with Crippen LogP contribution in [0.2, 0.25) is 0 Å². The summed E-state index contributed by atoms with van der Waals surface area (Å²) >= 11 is 0. The van der Waals surface area contributed by atoms with E-state index in [0.717, 1.165) is 25.0 Å². The average molecular weight is 304 g/mol. The number of carbonyl (C=O) groups is 1. The molecule has 0 spiro atoms. The molecule has 0 heterocycles. The topological polar surface area (TPSA) is 61.8 Å². The summed E-state index contributed by atoms with van der Waals surface area (Å²) in [5.41, 5.74) is 0.359. The van der Waals surface area contributed by atoms with Crippen LogP contribution in [0.15, 0.2) is 24.3 Å². The molecule has 2 amide bonds. The van der Waals surface area contributed by atoms with Gasteiger partial charge in [-0.15, -0.1) is 13.2 Å². The van der Waals surface area contributed by atoms with Crippen LogP contribution in [0.5, 0.6) is 5.75 Å². The quantitative estimate of drug-likeness (QED) is 0.879. The summed E-state index contributed by atoms with van der Waals surface area (Å²) in [6, 6.07) is 4.64. The van der Waals surface area contributed by atoms with Crippen molar-refractivity contribution in [3.63, 3.8) is 0 Å². The highest BCUT2D eigenvalue weighted by Gasteiger charge is 2.32. The summed E-state index contributed by atoms with van der Waals surface area (Å²) in [6.45, 7) is 0.0913. The second-order valence-electron chi connectivity index (χ2n) is 4.65. The summed E-state index contributed by atoms with van der Waals surface area (Å²) < 4.78 is 39.8. The Morgan fingerprint density at radius 1 is 1.33 bits per heavy atom. The minimum absolute atomic E-state index is 0.130. The fourth-order valence-electron chi connectivity index (χ4n) is 1.88. The predicted molar refractivity (Wildman–Crippen MR) is 69.0 cm³/mol. The minimum atomic E-state index is -4.74. The van der Waals surface area contributed by atoms with Gasteiger partial charge in [0.15, 0.2) is 0 Å². The number of aliphatic hydroxyl groups excluding tert-OH is 1. The molecule has 0 radical (unpaired) electrons. The Labute approximate surface area is 119 Å². The molecular weight excluding hydrogens is 289 g/mol. The number of nitrogens with zero attached hydrogens (tertiary/aromatic N) is 1. The van der Waals surface area contributed by atoms with Gasteiger partial charge in [-0.1, -0.05) is 0 Å². The van der Waals surface area contributed by atoms with Crippen LogP contribution in [-0.4, -0.2) is 41.6 Å². The molecule has 1 aliphatic carbocycles. The molecule has 116 valence electrons. The lowest BCUT2D eigenvalue weighted by molar-refractivity contribution is -0.274. The summed E-state index contributed by atoms with van der Waals surface area (Å²) in [7, 11) is 0. The van der Waals surface area contributed by atoms with Crippen molar-refractivity contribution in [2.24, 2.45) is 0 Å². The number of halogens is 3. The molecule has 1 aliphatic rings. The van der Waals surface area contributed by atoms with Crippen LogP contribution in [0.3, 0.4) is 0 Å². The van der Waals surface area contributed by atoms with Crippen LogP contribution >= 0.6 is 0 Å². The molecule has 0 unspecified atom stereocenters. The van der Waals surface area contributed by atoms with Crippen LogP contribution in [0.1, 0.15) is 12.8 Å². The zero-order valence-corrected chi connectivity index (χ0v) is 11.1. The maximum atomic E-state index is 12.0. The molecule has 1 aromatic carbocycles. The van der Waals surface area contributed by atoms with Gasteiger partial charge >= 0.3 is 12.4 Å². The Balaban J connectivity index is 1.94. The van der Waals surface area contributed by atoms with E-state index in [1.807, 2.05) is 0 Å². The molecule has 0 atom stereocenters. The lowest BCUT2D eigenvalue weighted by Gasteiger charge is -2.21. The lowest BCUT2D eigenvalue weighted by atomic mass is 10.3. The van der Waals surface area contributed by atoms with E-state index in [1.54, 1.807) is 0 Å². The number of nitrogens with one attached hydrogen (secondary N) is 1. The third-order valence-corrected chi connectivity index (χ3v) is 2.93. The van der Waals surface area contributed by atoms with Crippen molar-refractivity contribution in [1.82, 2.24) is 4.90 Å². The number of ether oxygens (including phenoxy) is 1. The normalized spacial score (nSPS) is 14.7. The molecule has 2 rings (SSSR count). The van der Waals surface area contributed by atoms with Crippen molar-refractivity contribution in [3.8, 4) is 5.75 Å². The van der Waals surface area contributed by atoms with E-state index in [9.17, 15) is 18.0 Å². The number of alkyl halides is 3. The molecule has 5 nitrogen and oxygen atoms in total. The molecule has 2 N–H and O–H groups in total. The third-order valence-electron chi connectivity index (χ3n) is 2.93. The molecule has 0 saturated heterocycles. The maximum Gasteiger partial charge on any atom is 0.573 e. The van der Waals surface area contributed by atoms with E-state index in [-0.39, 0.29) is 31.0 Å². The number of urea groups is 1. The van der Waals surface area contributed by atoms with Crippen molar-refractivity contribution in [1.29, 1.82) is 0 Å². The Hall–Kier alpha value is -1.96. The summed E-state index contributed by atoms with van der Waals surface area (Å²) in [4.78, 5) is 13.5. The third kappa shape index (κ3) is 4.82. The number of rotatable bonds is 5. The fraction of sp³-hybridized carbons (Fsp3) is 0.462. The monoisotopic (exact) mass is 304 g/mol. The highest BCUT2D eigenvalue weighted by molar-refractivity contribution is 5.89. The summed E-state index contributed by atoms with van der Waals surface area (Å²) in [5, 5.41) is 11.5.